The van der Waals surface area contributed by atoms with Crippen LogP contribution in [0.3, 0.4) is 0 Å². The van der Waals surface area contributed by atoms with Gasteiger partial charge in [-0.1, -0.05) is 0 Å². The topological polar surface area (TPSA) is 45.8 Å². The lowest BCUT2D eigenvalue weighted by Gasteiger charge is -2.01. The molecule has 2 heterocycles. The molecule has 1 aromatic carbocycles. The van der Waals surface area contributed by atoms with Crippen molar-refractivity contribution in [3.8, 4) is 0 Å². The summed E-state index contributed by atoms with van der Waals surface area (Å²) in [6.45, 7) is 0. The van der Waals surface area contributed by atoms with Crippen LogP contribution in [0.25, 0.3) is 10.9 Å². The highest BCUT2D eigenvalue weighted by atomic mass is 32.2. The zero-order valence-corrected chi connectivity index (χ0v) is 11.2. The second-order valence-electron chi connectivity index (χ2n) is 4.18. The molecule has 0 amide bonds. The monoisotopic (exact) mass is 268 g/mol. The molecule has 94 valence electrons. The SMILES string of the molecule is CSc1ccc(C(=O)c2c[nH]c3ccncc23)cc1. The van der Waals surface area contributed by atoms with Gasteiger partial charge in [0.25, 0.3) is 0 Å². The summed E-state index contributed by atoms with van der Waals surface area (Å²) < 4.78 is 0. The van der Waals surface area contributed by atoms with Crippen LogP contribution in [-0.4, -0.2) is 22.0 Å². The fourth-order valence-corrected chi connectivity index (χ4v) is 2.46. The summed E-state index contributed by atoms with van der Waals surface area (Å²) in [6.07, 6.45) is 7.19. The lowest BCUT2D eigenvalue weighted by Crippen LogP contribution is -2.00. The number of hydrogen-bond acceptors (Lipinski definition) is 3. The predicted octanol–water partition coefficient (Wildman–Crippen LogP) is 3.52. The van der Waals surface area contributed by atoms with Crippen LogP contribution in [0, 0.1) is 0 Å². The number of ketones is 1. The van der Waals surface area contributed by atoms with Crippen molar-refractivity contribution in [2.45, 2.75) is 4.90 Å². The van der Waals surface area contributed by atoms with Gasteiger partial charge in [0.1, 0.15) is 0 Å². The molecule has 3 rings (SSSR count). The number of pyridine rings is 1. The average molecular weight is 268 g/mol. The first kappa shape index (κ1) is 12.0. The van der Waals surface area contributed by atoms with Gasteiger partial charge in [0.05, 0.1) is 0 Å². The Kier molecular flexibility index (Phi) is 3.09. The number of aromatic nitrogens is 2. The van der Waals surface area contributed by atoms with Crippen LogP contribution in [0.4, 0.5) is 0 Å². The maximum absolute atomic E-state index is 12.5. The molecule has 0 saturated heterocycles. The van der Waals surface area contributed by atoms with Gasteiger partial charge in [0.15, 0.2) is 5.78 Å². The van der Waals surface area contributed by atoms with Crippen LogP contribution in [0.5, 0.6) is 0 Å². The Morgan fingerprint density at radius 1 is 1.21 bits per heavy atom. The second-order valence-corrected chi connectivity index (χ2v) is 5.06. The third-order valence-corrected chi connectivity index (χ3v) is 3.82. The minimum atomic E-state index is 0.0203. The first-order valence-corrected chi connectivity index (χ1v) is 7.12. The summed E-state index contributed by atoms with van der Waals surface area (Å²) in [4.78, 5) is 20.8. The molecule has 0 radical (unpaired) electrons. The fraction of sp³-hybridized carbons (Fsp3) is 0.0667. The number of hydrogen-bond donors (Lipinski definition) is 1. The van der Waals surface area contributed by atoms with Crippen molar-refractivity contribution in [2.24, 2.45) is 0 Å². The van der Waals surface area contributed by atoms with E-state index in [1.54, 1.807) is 30.4 Å². The summed E-state index contributed by atoms with van der Waals surface area (Å²) in [7, 11) is 0. The van der Waals surface area contributed by atoms with Gasteiger partial charge in [-0.25, -0.2) is 0 Å². The zero-order chi connectivity index (χ0) is 13.2. The van der Waals surface area contributed by atoms with Crippen LogP contribution in [0.15, 0.2) is 53.8 Å². The molecule has 2 aromatic heterocycles. The third kappa shape index (κ3) is 2.15. The molecule has 0 fully saturated rings. The first-order chi connectivity index (χ1) is 9.29. The van der Waals surface area contributed by atoms with Crippen LogP contribution in [0.2, 0.25) is 0 Å². The Labute approximate surface area is 115 Å². The van der Waals surface area contributed by atoms with E-state index >= 15 is 0 Å². The molecule has 3 aromatic rings. The van der Waals surface area contributed by atoms with E-state index in [9.17, 15) is 4.79 Å². The molecule has 0 spiro atoms. The van der Waals surface area contributed by atoms with E-state index in [0.717, 1.165) is 15.8 Å². The molecule has 0 saturated carbocycles. The Hall–Kier alpha value is -2.07. The number of carbonyl (C=O) groups excluding carboxylic acids is 1. The molecule has 0 unspecified atom stereocenters. The summed E-state index contributed by atoms with van der Waals surface area (Å²) in [5, 5.41) is 0.862. The van der Waals surface area contributed by atoms with Gasteiger partial charge in [0, 0.05) is 45.5 Å². The molecular formula is C15H12N2OS. The minimum Gasteiger partial charge on any atom is -0.360 e. The molecular weight excluding hydrogens is 256 g/mol. The van der Waals surface area contributed by atoms with Crippen molar-refractivity contribution in [3.05, 3.63) is 60.0 Å². The highest BCUT2D eigenvalue weighted by molar-refractivity contribution is 7.98. The van der Waals surface area contributed by atoms with E-state index in [4.69, 9.17) is 0 Å². The summed E-state index contributed by atoms with van der Waals surface area (Å²) in [6, 6.07) is 9.52. The van der Waals surface area contributed by atoms with Gasteiger partial charge >= 0.3 is 0 Å². The van der Waals surface area contributed by atoms with E-state index < -0.39 is 0 Å². The smallest absolute Gasteiger partial charge is 0.195 e. The van der Waals surface area contributed by atoms with E-state index in [2.05, 4.69) is 9.97 Å². The number of thioether (sulfide) groups is 1. The molecule has 4 heteroatoms. The average Bonchev–Trinajstić information content (AvgIpc) is 2.90. The van der Waals surface area contributed by atoms with Gasteiger partial charge in [0.2, 0.25) is 0 Å². The van der Waals surface area contributed by atoms with Crippen LogP contribution < -0.4 is 0 Å². The van der Waals surface area contributed by atoms with Gasteiger partial charge in [-0.2, -0.15) is 0 Å². The van der Waals surface area contributed by atoms with E-state index in [1.807, 2.05) is 36.6 Å². The second kappa shape index (κ2) is 4.90. The molecule has 0 aliphatic rings. The van der Waals surface area contributed by atoms with Crippen molar-refractivity contribution >= 4 is 28.4 Å². The van der Waals surface area contributed by atoms with Gasteiger partial charge in [-0.3, -0.25) is 9.78 Å². The summed E-state index contributed by atoms with van der Waals surface area (Å²) in [5.41, 5.74) is 2.29. The fourth-order valence-electron chi connectivity index (χ4n) is 2.05. The number of aromatic amines is 1. The Bertz CT molecular complexity index is 731. The number of carbonyl (C=O) groups is 1. The van der Waals surface area contributed by atoms with Crippen molar-refractivity contribution in [2.75, 3.05) is 6.26 Å². The van der Waals surface area contributed by atoms with Gasteiger partial charge in [-0.15, -0.1) is 11.8 Å². The summed E-state index contributed by atoms with van der Waals surface area (Å²) in [5.74, 6) is 0.0203. The molecule has 19 heavy (non-hydrogen) atoms. The summed E-state index contributed by atoms with van der Waals surface area (Å²) >= 11 is 1.66. The van der Waals surface area contributed by atoms with Crippen molar-refractivity contribution in [3.63, 3.8) is 0 Å². The Morgan fingerprint density at radius 3 is 2.74 bits per heavy atom. The molecule has 0 aliphatic heterocycles. The van der Waals surface area contributed by atoms with E-state index in [0.29, 0.717) is 11.1 Å². The van der Waals surface area contributed by atoms with Crippen LogP contribution in [0.1, 0.15) is 15.9 Å². The number of H-pyrrole nitrogens is 1. The molecule has 3 nitrogen and oxygen atoms in total. The van der Waals surface area contributed by atoms with E-state index in [1.165, 1.54) is 0 Å². The molecule has 0 aliphatic carbocycles. The van der Waals surface area contributed by atoms with Gasteiger partial charge in [-0.05, 0) is 36.6 Å². The van der Waals surface area contributed by atoms with Crippen LogP contribution in [-0.2, 0) is 0 Å². The Morgan fingerprint density at radius 2 is 2.00 bits per heavy atom. The van der Waals surface area contributed by atoms with Crippen molar-refractivity contribution in [1.29, 1.82) is 0 Å². The van der Waals surface area contributed by atoms with Crippen molar-refractivity contribution < 1.29 is 4.79 Å². The maximum Gasteiger partial charge on any atom is 0.195 e. The quantitative estimate of drug-likeness (QED) is 0.584. The molecule has 0 atom stereocenters. The van der Waals surface area contributed by atoms with Crippen molar-refractivity contribution in [1.82, 2.24) is 9.97 Å². The first-order valence-electron chi connectivity index (χ1n) is 5.89. The number of nitrogens with one attached hydrogen (secondary N) is 1. The minimum absolute atomic E-state index is 0.0203. The zero-order valence-electron chi connectivity index (χ0n) is 10.4. The predicted molar refractivity (Wildman–Crippen MR) is 77.7 cm³/mol. The highest BCUT2D eigenvalue weighted by Crippen LogP contribution is 2.21. The largest absolute Gasteiger partial charge is 0.360 e. The van der Waals surface area contributed by atoms with Gasteiger partial charge < -0.3 is 4.98 Å². The number of nitrogens with zero attached hydrogens (tertiary/aromatic N) is 1. The molecule has 0 bridgehead atoms. The van der Waals surface area contributed by atoms with E-state index in [-0.39, 0.29) is 5.78 Å². The van der Waals surface area contributed by atoms with Crippen LogP contribution >= 0.6 is 11.8 Å². The lowest BCUT2D eigenvalue weighted by molar-refractivity contribution is 0.104. The Balaban J connectivity index is 2.03. The number of benzene rings is 1. The lowest BCUT2D eigenvalue weighted by atomic mass is 10.0. The standard InChI is InChI=1S/C15H12N2OS/c1-19-11-4-2-10(3-5-11)15(18)13-9-17-14-6-7-16-8-12(13)14/h2-9,17H,1H3. The normalized spacial score (nSPS) is 10.8. The maximum atomic E-state index is 12.5. The highest BCUT2D eigenvalue weighted by Gasteiger charge is 2.13. The molecule has 1 N–H and O–H groups in total. The number of rotatable bonds is 3. The third-order valence-electron chi connectivity index (χ3n) is 3.08. The number of fused-ring (bicyclic) bond motifs is 1.